The Morgan fingerprint density at radius 3 is 2.57 bits per heavy atom. The number of aliphatic hydroxyl groups excluding tert-OH is 1. The van der Waals surface area contributed by atoms with Gasteiger partial charge in [-0.15, -0.1) is 0 Å². The summed E-state index contributed by atoms with van der Waals surface area (Å²) in [6.07, 6.45) is 0. The van der Waals surface area contributed by atoms with E-state index in [-0.39, 0.29) is 18.6 Å². The third kappa shape index (κ3) is 5.58. The van der Waals surface area contributed by atoms with E-state index < -0.39 is 0 Å². The molecule has 0 spiro atoms. The summed E-state index contributed by atoms with van der Waals surface area (Å²) in [5, 5.41) is 15.4. The number of nitrogens with one attached hydrogen (secondary N) is 2. The second-order valence-electron chi connectivity index (χ2n) is 6.07. The highest BCUT2D eigenvalue weighted by Crippen LogP contribution is 2.22. The van der Waals surface area contributed by atoms with Crippen molar-refractivity contribution in [1.29, 1.82) is 0 Å². The van der Waals surface area contributed by atoms with Gasteiger partial charge in [-0.05, 0) is 24.7 Å². The molecule has 0 radical (unpaired) electrons. The number of piperazine rings is 1. The predicted molar refractivity (Wildman–Crippen MR) is 92.5 cm³/mol. The Kier molecular flexibility index (Phi) is 6.98. The van der Waals surface area contributed by atoms with Crippen molar-refractivity contribution in [2.24, 2.45) is 0 Å². The molecule has 6 nitrogen and oxygen atoms in total. The largest absolute Gasteiger partial charge is 0.395 e. The highest BCUT2D eigenvalue weighted by atomic mass is 16.3. The van der Waals surface area contributed by atoms with Crippen LogP contribution in [0.2, 0.25) is 0 Å². The molecule has 1 atom stereocenters. The molecule has 1 aliphatic heterocycles. The lowest BCUT2D eigenvalue weighted by Gasteiger charge is -2.35. The average Bonchev–Trinajstić information content (AvgIpc) is 2.54. The van der Waals surface area contributed by atoms with Crippen LogP contribution in [0.3, 0.4) is 0 Å². The van der Waals surface area contributed by atoms with Gasteiger partial charge in [-0.25, -0.2) is 0 Å². The van der Waals surface area contributed by atoms with Gasteiger partial charge in [-0.2, -0.15) is 0 Å². The first kappa shape index (κ1) is 17.9. The number of nitrogens with zero attached hydrogens (tertiary/aromatic N) is 2. The zero-order valence-corrected chi connectivity index (χ0v) is 14.1. The molecule has 2 rings (SSSR count). The molecular weight excluding hydrogens is 292 g/mol. The van der Waals surface area contributed by atoms with Crippen LogP contribution in [0.25, 0.3) is 0 Å². The van der Waals surface area contributed by atoms with Gasteiger partial charge in [-0.3, -0.25) is 14.6 Å². The quantitative estimate of drug-likeness (QED) is 0.683. The lowest BCUT2D eigenvalue weighted by atomic mass is 10.0. The number of aliphatic hydroxyl groups is 1. The molecule has 1 heterocycles. The SMILES string of the molecule is CC(=O)Nc1ccc(C(CN2CCNCC2)N(C)CCO)cc1. The molecule has 0 saturated carbocycles. The number of amides is 1. The second kappa shape index (κ2) is 8.98. The van der Waals surface area contributed by atoms with Crippen LogP contribution in [0, 0.1) is 0 Å². The van der Waals surface area contributed by atoms with Crippen LogP contribution in [-0.4, -0.2) is 73.7 Å². The van der Waals surface area contributed by atoms with Crippen molar-refractivity contribution in [1.82, 2.24) is 15.1 Å². The fraction of sp³-hybridized carbons (Fsp3) is 0.588. The zero-order valence-electron chi connectivity index (χ0n) is 14.1. The van der Waals surface area contributed by atoms with Crippen molar-refractivity contribution < 1.29 is 9.90 Å². The Morgan fingerprint density at radius 1 is 1.35 bits per heavy atom. The smallest absolute Gasteiger partial charge is 0.221 e. The van der Waals surface area contributed by atoms with Crippen molar-refractivity contribution in [3.8, 4) is 0 Å². The maximum absolute atomic E-state index is 11.1. The lowest BCUT2D eigenvalue weighted by molar-refractivity contribution is -0.114. The summed E-state index contributed by atoms with van der Waals surface area (Å²) in [5.41, 5.74) is 2.01. The van der Waals surface area contributed by atoms with Gasteiger partial charge in [0.2, 0.25) is 5.91 Å². The molecule has 128 valence electrons. The molecule has 0 aromatic heterocycles. The standard InChI is InChI=1S/C17H28N4O2/c1-14(23)19-16-5-3-15(4-6-16)17(20(2)11-12-22)13-21-9-7-18-8-10-21/h3-6,17-18,22H,7-13H2,1-2H3,(H,19,23). The van der Waals surface area contributed by atoms with Crippen LogP contribution in [-0.2, 0) is 4.79 Å². The van der Waals surface area contributed by atoms with Gasteiger partial charge in [0.25, 0.3) is 0 Å². The van der Waals surface area contributed by atoms with E-state index in [2.05, 4.69) is 32.6 Å². The summed E-state index contributed by atoms with van der Waals surface area (Å²) in [7, 11) is 2.05. The van der Waals surface area contributed by atoms with Gasteiger partial charge in [0.1, 0.15) is 0 Å². The van der Waals surface area contributed by atoms with Crippen molar-refractivity contribution in [2.45, 2.75) is 13.0 Å². The maximum atomic E-state index is 11.1. The number of anilines is 1. The normalized spacial score (nSPS) is 17.2. The molecular formula is C17H28N4O2. The van der Waals surface area contributed by atoms with Gasteiger partial charge in [0.15, 0.2) is 0 Å². The number of carbonyl (C=O) groups is 1. The average molecular weight is 320 g/mol. The summed E-state index contributed by atoms with van der Waals surface area (Å²) in [6, 6.07) is 8.23. The van der Waals surface area contributed by atoms with E-state index >= 15 is 0 Å². The van der Waals surface area contributed by atoms with Gasteiger partial charge in [-0.1, -0.05) is 12.1 Å². The summed E-state index contributed by atoms with van der Waals surface area (Å²) >= 11 is 0. The lowest BCUT2D eigenvalue weighted by Crippen LogP contribution is -2.47. The number of rotatable bonds is 7. The van der Waals surface area contributed by atoms with Crippen molar-refractivity contribution in [2.75, 3.05) is 58.2 Å². The highest BCUT2D eigenvalue weighted by molar-refractivity contribution is 5.88. The van der Waals surface area contributed by atoms with Crippen LogP contribution in [0.15, 0.2) is 24.3 Å². The van der Waals surface area contributed by atoms with Crippen molar-refractivity contribution >= 4 is 11.6 Å². The highest BCUT2D eigenvalue weighted by Gasteiger charge is 2.21. The zero-order chi connectivity index (χ0) is 16.7. The van der Waals surface area contributed by atoms with Crippen LogP contribution in [0.1, 0.15) is 18.5 Å². The Labute approximate surface area is 138 Å². The summed E-state index contributed by atoms with van der Waals surface area (Å²) in [5.74, 6) is -0.0625. The van der Waals surface area contributed by atoms with Gasteiger partial charge in [0.05, 0.1) is 6.61 Å². The van der Waals surface area contributed by atoms with Gasteiger partial charge < -0.3 is 15.7 Å². The molecule has 23 heavy (non-hydrogen) atoms. The van der Waals surface area contributed by atoms with E-state index in [0.29, 0.717) is 6.54 Å². The molecule has 1 saturated heterocycles. The Hall–Kier alpha value is -1.47. The first-order valence-electron chi connectivity index (χ1n) is 8.22. The fourth-order valence-corrected chi connectivity index (χ4v) is 2.94. The van der Waals surface area contributed by atoms with Crippen LogP contribution >= 0.6 is 0 Å². The Balaban J connectivity index is 2.09. The van der Waals surface area contributed by atoms with Crippen molar-refractivity contribution in [3.63, 3.8) is 0 Å². The summed E-state index contributed by atoms with van der Waals surface area (Å²) in [4.78, 5) is 15.8. The van der Waals surface area contributed by atoms with E-state index in [1.165, 1.54) is 12.5 Å². The molecule has 6 heteroatoms. The maximum Gasteiger partial charge on any atom is 0.221 e. The molecule has 0 bridgehead atoms. The minimum atomic E-state index is -0.0625. The number of carbonyl (C=O) groups excluding carboxylic acids is 1. The second-order valence-corrected chi connectivity index (χ2v) is 6.07. The molecule has 1 aliphatic rings. The monoisotopic (exact) mass is 320 g/mol. The van der Waals surface area contributed by atoms with Crippen LogP contribution in [0.5, 0.6) is 0 Å². The van der Waals surface area contributed by atoms with Gasteiger partial charge >= 0.3 is 0 Å². The summed E-state index contributed by atoms with van der Waals surface area (Å²) in [6.45, 7) is 7.40. The number of benzene rings is 1. The van der Waals surface area contributed by atoms with E-state index in [9.17, 15) is 9.90 Å². The molecule has 1 fully saturated rings. The van der Waals surface area contributed by atoms with E-state index in [4.69, 9.17) is 0 Å². The first-order chi connectivity index (χ1) is 11.1. The first-order valence-corrected chi connectivity index (χ1v) is 8.22. The third-order valence-corrected chi connectivity index (χ3v) is 4.24. The Morgan fingerprint density at radius 2 is 2.00 bits per heavy atom. The minimum absolute atomic E-state index is 0.0625. The molecule has 1 aromatic rings. The number of hydrogen-bond donors (Lipinski definition) is 3. The number of likely N-dealkylation sites (N-methyl/N-ethyl adjacent to an activating group) is 1. The Bertz CT molecular complexity index is 486. The van der Waals surface area contributed by atoms with Crippen LogP contribution < -0.4 is 10.6 Å². The molecule has 1 aromatic carbocycles. The molecule has 3 N–H and O–H groups in total. The molecule has 1 amide bonds. The topological polar surface area (TPSA) is 67.8 Å². The predicted octanol–water partition coefficient (Wildman–Crippen LogP) is 0.515. The van der Waals surface area contributed by atoms with Gasteiger partial charge in [0, 0.05) is 57.9 Å². The minimum Gasteiger partial charge on any atom is -0.395 e. The van der Waals surface area contributed by atoms with E-state index in [0.717, 1.165) is 38.4 Å². The van der Waals surface area contributed by atoms with E-state index in [1.54, 1.807) is 0 Å². The third-order valence-electron chi connectivity index (χ3n) is 4.24. The van der Waals surface area contributed by atoms with Crippen LogP contribution in [0.4, 0.5) is 5.69 Å². The van der Waals surface area contributed by atoms with Crippen molar-refractivity contribution in [3.05, 3.63) is 29.8 Å². The fourth-order valence-electron chi connectivity index (χ4n) is 2.94. The number of hydrogen-bond acceptors (Lipinski definition) is 5. The summed E-state index contributed by atoms with van der Waals surface area (Å²) < 4.78 is 0. The molecule has 1 unspecified atom stereocenters. The molecule has 0 aliphatic carbocycles. The van der Waals surface area contributed by atoms with E-state index in [1.807, 2.05) is 19.2 Å².